The maximum absolute atomic E-state index is 11.9. The van der Waals surface area contributed by atoms with Crippen molar-refractivity contribution in [2.45, 2.75) is 46.1 Å². The summed E-state index contributed by atoms with van der Waals surface area (Å²) in [6.07, 6.45) is 2.92. The highest BCUT2D eigenvalue weighted by molar-refractivity contribution is 5.94. The number of carbonyl (C=O) groups excluding carboxylic acids is 1. The van der Waals surface area contributed by atoms with Crippen LogP contribution in [0.3, 0.4) is 0 Å². The number of nitrogens with one attached hydrogen (secondary N) is 1. The van der Waals surface area contributed by atoms with E-state index in [0.717, 1.165) is 30.6 Å². The molecule has 1 aromatic rings. The summed E-state index contributed by atoms with van der Waals surface area (Å²) < 4.78 is 5.23. The third-order valence-electron chi connectivity index (χ3n) is 2.92. The quantitative estimate of drug-likeness (QED) is 0.832. The van der Waals surface area contributed by atoms with Gasteiger partial charge in [-0.2, -0.15) is 0 Å². The number of amides is 1. The third kappa shape index (κ3) is 2.10. The molecule has 1 atom stereocenters. The maximum Gasteiger partial charge on any atom is 0.273 e. The molecule has 1 aliphatic carbocycles. The van der Waals surface area contributed by atoms with E-state index in [1.165, 1.54) is 0 Å². The van der Waals surface area contributed by atoms with Gasteiger partial charge in [-0.3, -0.25) is 4.79 Å². The number of rotatable bonds is 2. The Morgan fingerprint density at radius 1 is 1.56 bits per heavy atom. The van der Waals surface area contributed by atoms with Crippen LogP contribution in [-0.2, 0) is 12.8 Å². The molecule has 1 aliphatic rings. The summed E-state index contributed by atoms with van der Waals surface area (Å²) in [6, 6.07) is 0.126. The monoisotopic (exact) mass is 222 g/mol. The summed E-state index contributed by atoms with van der Waals surface area (Å²) in [5.74, 6) is 1.39. The summed E-state index contributed by atoms with van der Waals surface area (Å²) in [4.78, 5) is 11.9. The van der Waals surface area contributed by atoms with Crippen LogP contribution in [0.2, 0.25) is 0 Å². The summed E-state index contributed by atoms with van der Waals surface area (Å²) in [6.45, 7) is 6.07. The van der Waals surface area contributed by atoms with Gasteiger partial charge in [0.2, 0.25) is 0 Å². The smallest absolute Gasteiger partial charge is 0.273 e. The first-order valence-corrected chi connectivity index (χ1v) is 5.86. The normalized spacial score (nSPS) is 19.6. The Balaban J connectivity index is 2.22. The lowest BCUT2D eigenvalue weighted by Crippen LogP contribution is -2.31. The highest BCUT2D eigenvalue weighted by Gasteiger charge is 2.26. The molecule has 1 aromatic heterocycles. The van der Waals surface area contributed by atoms with Crippen LogP contribution in [0.5, 0.6) is 0 Å². The number of hydrogen-bond acceptors (Lipinski definition) is 3. The molecule has 1 N–H and O–H groups in total. The first-order chi connectivity index (χ1) is 7.58. The van der Waals surface area contributed by atoms with E-state index in [0.29, 0.717) is 11.6 Å². The minimum absolute atomic E-state index is 0.117. The van der Waals surface area contributed by atoms with Crippen LogP contribution < -0.4 is 5.32 Å². The maximum atomic E-state index is 11.9. The number of fused-ring (bicyclic) bond motifs is 1. The fraction of sp³-hybridized carbons (Fsp3) is 0.667. The average molecular weight is 222 g/mol. The Labute approximate surface area is 95.4 Å². The lowest BCUT2D eigenvalue weighted by molar-refractivity contribution is 0.0933. The van der Waals surface area contributed by atoms with Gasteiger partial charge in [0.25, 0.3) is 5.91 Å². The van der Waals surface area contributed by atoms with Crippen LogP contribution in [0.15, 0.2) is 4.52 Å². The lowest BCUT2D eigenvalue weighted by atomic mass is 9.88. The fourth-order valence-corrected chi connectivity index (χ4v) is 2.09. The van der Waals surface area contributed by atoms with E-state index < -0.39 is 0 Å². The van der Waals surface area contributed by atoms with Crippen molar-refractivity contribution in [2.24, 2.45) is 5.92 Å². The van der Waals surface area contributed by atoms with Gasteiger partial charge in [0.1, 0.15) is 5.76 Å². The van der Waals surface area contributed by atoms with Gasteiger partial charge >= 0.3 is 0 Å². The number of aryl methyl sites for hydroxylation is 1. The molecule has 0 radical (unpaired) electrons. The topological polar surface area (TPSA) is 55.1 Å². The molecule has 1 amide bonds. The number of hydrogen-bond donors (Lipinski definition) is 1. The van der Waals surface area contributed by atoms with Gasteiger partial charge in [-0.05, 0) is 32.6 Å². The highest BCUT2D eigenvalue weighted by Crippen LogP contribution is 2.27. The summed E-state index contributed by atoms with van der Waals surface area (Å²) in [7, 11) is 0. The Bertz CT molecular complexity index is 396. The summed E-state index contributed by atoms with van der Waals surface area (Å²) in [5, 5.41) is 6.75. The molecule has 0 saturated heterocycles. The van der Waals surface area contributed by atoms with Gasteiger partial charge < -0.3 is 9.84 Å². The van der Waals surface area contributed by atoms with E-state index in [4.69, 9.17) is 4.52 Å². The first kappa shape index (κ1) is 11.2. The van der Waals surface area contributed by atoms with Crippen molar-refractivity contribution in [3.8, 4) is 0 Å². The second-order valence-electron chi connectivity index (χ2n) is 4.91. The van der Waals surface area contributed by atoms with Crippen LogP contribution in [0.1, 0.15) is 49.0 Å². The van der Waals surface area contributed by atoms with Gasteiger partial charge in [0.05, 0.1) is 0 Å². The van der Waals surface area contributed by atoms with Crippen molar-refractivity contribution in [2.75, 3.05) is 0 Å². The Morgan fingerprint density at radius 2 is 2.31 bits per heavy atom. The van der Waals surface area contributed by atoms with Gasteiger partial charge in [-0.15, -0.1) is 0 Å². The number of aromatic nitrogens is 1. The summed E-state index contributed by atoms with van der Waals surface area (Å²) >= 11 is 0. The highest BCUT2D eigenvalue weighted by atomic mass is 16.5. The van der Waals surface area contributed by atoms with Crippen molar-refractivity contribution in [3.63, 3.8) is 0 Å². The molecule has 0 spiro atoms. The zero-order valence-corrected chi connectivity index (χ0v) is 10.0. The van der Waals surface area contributed by atoms with Crippen LogP contribution in [0, 0.1) is 5.92 Å². The van der Waals surface area contributed by atoms with Gasteiger partial charge in [0.15, 0.2) is 5.69 Å². The van der Waals surface area contributed by atoms with Crippen molar-refractivity contribution in [1.29, 1.82) is 0 Å². The lowest BCUT2D eigenvalue weighted by Gasteiger charge is -2.16. The fourth-order valence-electron chi connectivity index (χ4n) is 2.09. The van der Waals surface area contributed by atoms with Crippen molar-refractivity contribution < 1.29 is 9.32 Å². The molecule has 4 nitrogen and oxygen atoms in total. The van der Waals surface area contributed by atoms with Crippen LogP contribution in [0.25, 0.3) is 0 Å². The molecule has 0 aromatic carbocycles. The zero-order valence-electron chi connectivity index (χ0n) is 10.0. The van der Waals surface area contributed by atoms with E-state index in [2.05, 4.69) is 17.4 Å². The molecule has 2 rings (SSSR count). The molecule has 1 heterocycles. The van der Waals surface area contributed by atoms with Gasteiger partial charge in [-0.1, -0.05) is 12.1 Å². The Morgan fingerprint density at radius 3 is 3.00 bits per heavy atom. The second kappa shape index (κ2) is 4.28. The number of carbonyl (C=O) groups is 1. The summed E-state index contributed by atoms with van der Waals surface area (Å²) in [5.41, 5.74) is 1.49. The molecule has 0 aliphatic heterocycles. The molecule has 88 valence electrons. The molecule has 0 bridgehead atoms. The first-order valence-electron chi connectivity index (χ1n) is 5.86. The SMILES string of the molecule is CC1CCc2onc(C(=O)NC(C)C)c2C1. The molecule has 1 unspecified atom stereocenters. The largest absolute Gasteiger partial charge is 0.360 e. The van der Waals surface area contributed by atoms with Crippen molar-refractivity contribution >= 4 is 5.91 Å². The predicted octanol–water partition coefficient (Wildman–Crippen LogP) is 1.94. The molecular formula is C12H18N2O2. The Hall–Kier alpha value is -1.32. The van der Waals surface area contributed by atoms with Crippen molar-refractivity contribution in [3.05, 3.63) is 17.0 Å². The van der Waals surface area contributed by atoms with Crippen LogP contribution in [0.4, 0.5) is 0 Å². The third-order valence-corrected chi connectivity index (χ3v) is 2.92. The standard InChI is InChI=1S/C12H18N2O2/c1-7(2)13-12(15)11-9-6-8(3)4-5-10(9)16-14-11/h7-8H,4-6H2,1-3H3,(H,13,15). The van der Waals surface area contributed by atoms with E-state index in [9.17, 15) is 4.79 Å². The molecule has 4 heteroatoms. The second-order valence-corrected chi connectivity index (χ2v) is 4.91. The molecule has 0 saturated carbocycles. The minimum Gasteiger partial charge on any atom is -0.360 e. The van der Waals surface area contributed by atoms with Gasteiger partial charge in [-0.25, -0.2) is 0 Å². The zero-order chi connectivity index (χ0) is 11.7. The van der Waals surface area contributed by atoms with E-state index in [1.54, 1.807) is 0 Å². The van der Waals surface area contributed by atoms with E-state index in [1.807, 2.05) is 13.8 Å². The predicted molar refractivity (Wildman–Crippen MR) is 60.3 cm³/mol. The van der Waals surface area contributed by atoms with Crippen LogP contribution in [-0.4, -0.2) is 17.1 Å². The molecule has 16 heavy (non-hydrogen) atoms. The average Bonchev–Trinajstić information content (AvgIpc) is 2.59. The van der Waals surface area contributed by atoms with Crippen molar-refractivity contribution in [1.82, 2.24) is 10.5 Å². The van der Waals surface area contributed by atoms with E-state index >= 15 is 0 Å². The Kier molecular flexibility index (Phi) is 2.99. The minimum atomic E-state index is -0.117. The molecular weight excluding hydrogens is 204 g/mol. The van der Waals surface area contributed by atoms with E-state index in [-0.39, 0.29) is 11.9 Å². The number of nitrogens with zero attached hydrogens (tertiary/aromatic N) is 1. The van der Waals surface area contributed by atoms with Crippen LogP contribution >= 0.6 is 0 Å². The van der Waals surface area contributed by atoms with Gasteiger partial charge in [0, 0.05) is 18.0 Å². The molecule has 0 fully saturated rings.